The molecular formula is C24H31N5O3. The third kappa shape index (κ3) is 4.17. The van der Waals surface area contributed by atoms with Gasteiger partial charge in [-0.05, 0) is 29.5 Å². The summed E-state index contributed by atoms with van der Waals surface area (Å²) >= 11 is 0. The van der Waals surface area contributed by atoms with Gasteiger partial charge in [-0.1, -0.05) is 32.9 Å². The van der Waals surface area contributed by atoms with Crippen LogP contribution in [0.4, 0.5) is 23.3 Å². The van der Waals surface area contributed by atoms with E-state index in [0.29, 0.717) is 23.2 Å². The number of rotatable bonds is 6. The Morgan fingerprint density at radius 3 is 2.12 bits per heavy atom. The number of aryl methyl sites for hydroxylation is 1. The first-order valence-corrected chi connectivity index (χ1v) is 10.7. The Hall–Kier alpha value is -3.42. The molecule has 0 unspecified atom stereocenters. The quantitative estimate of drug-likeness (QED) is 0.589. The molecule has 0 radical (unpaired) electrons. The number of aromatic nitrogens is 3. The Morgan fingerprint density at radius 1 is 0.906 bits per heavy atom. The lowest BCUT2D eigenvalue weighted by Gasteiger charge is -2.28. The van der Waals surface area contributed by atoms with E-state index in [2.05, 4.69) is 60.4 Å². The average Bonchev–Trinajstić information content (AvgIpc) is 3.20. The van der Waals surface area contributed by atoms with E-state index in [1.54, 1.807) is 21.3 Å². The second-order valence-corrected chi connectivity index (χ2v) is 8.80. The van der Waals surface area contributed by atoms with Crippen LogP contribution >= 0.6 is 0 Å². The summed E-state index contributed by atoms with van der Waals surface area (Å²) < 4.78 is 18.4. The van der Waals surface area contributed by atoms with Crippen molar-refractivity contribution in [2.75, 3.05) is 38.1 Å². The zero-order chi connectivity index (χ0) is 22.9. The maximum absolute atomic E-state index is 5.53. The van der Waals surface area contributed by atoms with Gasteiger partial charge in [-0.3, -0.25) is 0 Å². The van der Waals surface area contributed by atoms with Gasteiger partial charge in [0.2, 0.25) is 17.6 Å². The number of nitrogens with zero attached hydrogens (tertiary/aromatic N) is 4. The summed E-state index contributed by atoms with van der Waals surface area (Å²) in [6.07, 6.45) is 0.951. The number of hydrogen-bond acceptors (Lipinski definition) is 7. The molecule has 0 amide bonds. The molecule has 1 aliphatic heterocycles. The summed E-state index contributed by atoms with van der Waals surface area (Å²) in [7, 11) is 4.84. The van der Waals surface area contributed by atoms with Crippen molar-refractivity contribution >= 4 is 23.3 Å². The third-order valence-corrected chi connectivity index (χ3v) is 5.61. The molecule has 0 bridgehead atoms. The Balaban J connectivity index is 1.63. The minimum Gasteiger partial charge on any atom is -0.493 e. The van der Waals surface area contributed by atoms with Crippen molar-refractivity contribution < 1.29 is 14.2 Å². The molecule has 0 fully saturated rings. The van der Waals surface area contributed by atoms with E-state index in [1.165, 1.54) is 5.56 Å². The van der Waals surface area contributed by atoms with Crippen LogP contribution in [0.1, 0.15) is 32.8 Å². The van der Waals surface area contributed by atoms with Gasteiger partial charge in [0.15, 0.2) is 11.5 Å². The molecule has 170 valence electrons. The fraction of sp³-hybridized carbons (Fsp3) is 0.417. The highest BCUT2D eigenvalue weighted by molar-refractivity contribution is 5.68. The van der Waals surface area contributed by atoms with E-state index >= 15 is 0 Å². The van der Waals surface area contributed by atoms with Crippen LogP contribution in [0.5, 0.6) is 17.2 Å². The van der Waals surface area contributed by atoms with Gasteiger partial charge in [0.05, 0.1) is 27.0 Å². The number of anilines is 4. The Morgan fingerprint density at radius 2 is 1.56 bits per heavy atom. The molecule has 0 saturated heterocycles. The van der Waals surface area contributed by atoms with Crippen molar-refractivity contribution in [3.63, 3.8) is 0 Å². The molecule has 3 aromatic rings. The van der Waals surface area contributed by atoms with Crippen LogP contribution in [-0.4, -0.2) is 42.6 Å². The van der Waals surface area contributed by atoms with Crippen LogP contribution in [0, 0.1) is 0 Å². The summed E-state index contributed by atoms with van der Waals surface area (Å²) in [4.78, 5) is 6.90. The smallest absolute Gasteiger partial charge is 0.248 e. The number of ether oxygens (including phenoxy) is 3. The molecule has 2 heterocycles. The van der Waals surface area contributed by atoms with Crippen molar-refractivity contribution in [1.29, 1.82) is 0 Å². The fourth-order valence-electron chi connectivity index (χ4n) is 3.87. The van der Waals surface area contributed by atoms with Crippen molar-refractivity contribution in [2.24, 2.45) is 0 Å². The van der Waals surface area contributed by atoms with Gasteiger partial charge < -0.3 is 24.4 Å². The predicted molar refractivity (Wildman–Crippen MR) is 126 cm³/mol. The van der Waals surface area contributed by atoms with Crippen LogP contribution in [0.25, 0.3) is 0 Å². The number of hydrogen-bond donors (Lipinski definition) is 1. The van der Waals surface area contributed by atoms with Crippen LogP contribution in [0.2, 0.25) is 0 Å². The minimum atomic E-state index is 0.116. The first-order valence-electron chi connectivity index (χ1n) is 10.7. The highest BCUT2D eigenvalue weighted by Gasteiger charge is 2.25. The highest BCUT2D eigenvalue weighted by Crippen LogP contribution is 2.43. The molecule has 1 aromatic heterocycles. The van der Waals surface area contributed by atoms with E-state index in [0.717, 1.165) is 36.8 Å². The maximum Gasteiger partial charge on any atom is 0.248 e. The molecule has 4 rings (SSSR count). The molecule has 0 spiro atoms. The maximum atomic E-state index is 5.53. The first-order chi connectivity index (χ1) is 15.3. The normalized spacial score (nSPS) is 13.5. The molecule has 32 heavy (non-hydrogen) atoms. The van der Waals surface area contributed by atoms with Crippen molar-refractivity contribution in [3.05, 3.63) is 42.0 Å². The fourth-order valence-corrected chi connectivity index (χ4v) is 3.87. The standard InChI is InChI=1S/C24H31N5O3/c1-24(2,3)16-8-10-17(11-9-16)25-22-26-23-28(12-7-13-29(23)27-22)18-14-19(30-4)21(32-6)20(15-18)31-5/h8-11,14-15H,7,12-13H2,1-6H3,(H,25,27). The number of nitrogens with one attached hydrogen (secondary N) is 1. The number of benzene rings is 2. The van der Waals surface area contributed by atoms with Gasteiger partial charge in [0, 0.05) is 30.9 Å². The second-order valence-electron chi connectivity index (χ2n) is 8.80. The second kappa shape index (κ2) is 8.61. The van der Waals surface area contributed by atoms with E-state index in [-0.39, 0.29) is 5.41 Å². The van der Waals surface area contributed by atoms with Crippen LogP contribution in [0.3, 0.4) is 0 Å². The molecule has 0 aliphatic carbocycles. The van der Waals surface area contributed by atoms with E-state index in [4.69, 9.17) is 19.2 Å². The van der Waals surface area contributed by atoms with Gasteiger partial charge in [-0.15, -0.1) is 5.10 Å². The van der Waals surface area contributed by atoms with E-state index in [1.807, 2.05) is 16.8 Å². The average molecular weight is 438 g/mol. The SMILES string of the molecule is COc1cc(N2CCCn3nc(Nc4ccc(C(C)(C)C)cc4)nc32)cc(OC)c1OC. The summed E-state index contributed by atoms with van der Waals surface area (Å²) in [6.45, 7) is 8.25. The largest absolute Gasteiger partial charge is 0.493 e. The minimum absolute atomic E-state index is 0.116. The van der Waals surface area contributed by atoms with Gasteiger partial charge in [-0.2, -0.15) is 4.98 Å². The Labute approximate surface area is 189 Å². The first kappa shape index (κ1) is 21.8. The molecule has 8 nitrogen and oxygen atoms in total. The zero-order valence-electron chi connectivity index (χ0n) is 19.6. The molecule has 8 heteroatoms. The van der Waals surface area contributed by atoms with Gasteiger partial charge >= 0.3 is 0 Å². The lowest BCUT2D eigenvalue weighted by molar-refractivity contribution is 0.324. The van der Waals surface area contributed by atoms with Crippen molar-refractivity contribution in [1.82, 2.24) is 14.8 Å². The molecule has 1 aliphatic rings. The Kier molecular flexibility index (Phi) is 5.86. The summed E-state index contributed by atoms with van der Waals surface area (Å²) in [5.74, 6) is 3.13. The molecule has 0 atom stereocenters. The zero-order valence-corrected chi connectivity index (χ0v) is 19.6. The highest BCUT2D eigenvalue weighted by atomic mass is 16.5. The molecule has 0 saturated carbocycles. The lowest BCUT2D eigenvalue weighted by atomic mass is 9.87. The molecular weight excluding hydrogens is 406 g/mol. The predicted octanol–water partition coefficient (Wildman–Crippen LogP) is 4.89. The van der Waals surface area contributed by atoms with Crippen LogP contribution < -0.4 is 24.4 Å². The monoisotopic (exact) mass is 437 g/mol. The van der Waals surface area contributed by atoms with Crippen molar-refractivity contribution in [2.45, 2.75) is 39.2 Å². The molecule has 1 N–H and O–H groups in total. The van der Waals surface area contributed by atoms with Crippen molar-refractivity contribution in [3.8, 4) is 17.2 Å². The summed E-state index contributed by atoms with van der Waals surface area (Å²) in [5.41, 5.74) is 3.27. The Bertz CT molecular complexity index is 1060. The van der Waals surface area contributed by atoms with Crippen LogP contribution in [0.15, 0.2) is 36.4 Å². The third-order valence-electron chi connectivity index (χ3n) is 5.61. The van der Waals surface area contributed by atoms with E-state index < -0.39 is 0 Å². The van der Waals surface area contributed by atoms with Gasteiger partial charge in [0.1, 0.15) is 0 Å². The topological polar surface area (TPSA) is 73.7 Å². The van der Waals surface area contributed by atoms with Gasteiger partial charge in [0.25, 0.3) is 0 Å². The lowest BCUT2D eigenvalue weighted by Crippen LogP contribution is -2.28. The van der Waals surface area contributed by atoms with E-state index in [9.17, 15) is 0 Å². The summed E-state index contributed by atoms with van der Waals surface area (Å²) in [6, 6.07) is 12.3. The number of fused-ring (bicyclic) bond motifs is 1. The number of methoxy groups -OCH3 is 3. The summed E-state index contributed by atoms with van der Waals surface area (Å²) in [5, 5.41) is 8.01. The molecule has 2 aromatic carbocycles. The van der Waals surface area contributed by atoms with Crippen LogP contribution in [-0.2, 0) is 12.0 Å². The van der Waals surface area contributed by atoms with Gasteiger partial charge in [-0.25, -0.2) is 4.68 Å².